The highest BCUT2D eigenvalue weighted by molar-refractivity contribution is 6.30. The van der Waals surface area contributed by atoms with Gasteiger partial charge in [0.1, 0.15) is 12.4 Å². The Morgan fingerprint density at radius 3 is 2.35 bits per heavy atom. The summed E-state index contributed by atoms with van der Waals surface area (Å²) in [6.07, 6.45) is 3.11. The van der Waals surface area contributed by atoms with Crippen LogP contribution in [-0.4, -0.2) is 31.3 Å². The fourth-order valence-electron chi connectivity index (χ4n) is 2.79. The Morgan fingerprint density at radius 2 is 1.68 bits per heavy atom. The maximum absolute atomic E-state index is 12.4. The fourth-order valence-corrected chi connectivity index (χ4v) is 2.92. The Bertz CT molecular complexity index is 1170. The monoisotopic (exact) mass is 478 g/mol. The summed E-state index contributed by atoms with van der Waals surface area (Å²) in [7, 11) is 0. The van der Waals surface area contributed by atoms with E-state index in [0.29, 0.717) is 46.4 Å². The number of rotatable bonds is 10. The van der Waals surface area contributed by atoms with Gasteiger partial charge in [0.2, 0.25) is 0 Å². The first-order valence-electron chi connectivity index (χ1n) is 10.4. The van der Waals surface area contributed by atoms with Crippen LogP contribution in [0, 0.1) is 0 Å². The van der Waals surface area contributed by atoms with Gasteiger partial charge in [-0.05, 0) is 79.2 Å². The molecule has 0 unspecified atom stereocenters. The van der Waals surface area contributed by atoms with Gasteiger partial charge < -0.3 is 14.2 Å². The molecule has 0 aliphatic carbocycles. The Kier molecular flexibility index (Phi) is 8.82. The zero-order chi connectivity index (χ0) is 24.3. The van der Waals surface area contributed by atoms with Crippen molar-refractivity contribution >= 4 is 29.7 Å². The van der Waals surface area contributed by atoms with Crippen molar-refractivity contribution in [3.05, 3.63) is 101 Å². The molecule has 1 amide bonds. The van der Waals surface area contributed by atoms with E-state index in [4.69, 9.17) is 25.8 Å². The third-order valence-electron chi connectivity index (χ3n) is 4.41. The van der Waals surface area contributed by atoms with Crippen LogP contribution >= 0.6 is 11.6 Å². The average molecular weight is 479 g/mol. The lowest BCUT2D eigenvalue weighted by atomic mass is 10.2. The van der Waals surface area contributed by atoms with Crippen molar-refractivity contribution in [2.24, 2.45) is 5.10 Å². The van der Waals surface area contributed by atoms with Crippen LogP contribution in [0.4, 0.5) is 0 Å². The molecule has 0 fully saturated rings. The molecular formula is C26H23ClN2O5. The number of halogens is 1. The van der Waals surface area contributed by atoms with E-state index in [0.717, 1.165) is 0 Å². The SMILES string of the molecule is C=CCOc1ccc(C(=O)NN=Cc2ccc(OC(=O)c3ccc(Cl)cc3)c(OCC)c2)cc1. The number of hydrogen-bond donors (Lipinski definition) is 1. The van der Waals surface area contributed by atoms with Crippen LogP contribution in [0.1, 0.15) is 33.2 Å². The second-order valence-corrected chi connectivity index (χ2v) is 7.30. The second-order valence-electron chi connectivity index (χ2n) is 6.86. The fraction of sp³-hybridized carbons (Fsp3) is 0.115. The summed E-state index contributed by atoms with van der Waals surface area (Å²) in [4.78, 5) is 24.7. The van der Waals surface area contributed by atoms with Gasteiger partial charge in [0, 0.05) is 10.6 Å². The lowest BCUT2D eigenvalue weighted by Crippen LogP contribution is -2.17. The molecule has 34 heavy (non-hydrogen) atoms. The van der Waals surface area contributed by atoms with Gasteiger partial charge >= 0.3 is 5.97 Å². The molecule has 8 heteroatoms. The van der Waals surface area contributed by atoms with Crippen LogP contribution in [0.2, 0.25) is 5.02 Å². The summed E-state index contributed by atoms with van der Waals surface area (Å²) < 4.78 is 16.5. The zero-order valence-corrected chi connectivity index (χ0v) is 19.2. The molecule has 0 heterocycles. The minimum absolute atomic E-state index is 0.266. The molecule has 0 radical (unpaired) electrons. The standard InChI is InChI=1S/C26H23ClN2O5/c1-3-15-33-22-12-8-19(9-13-22)25(30)29-28-17-18-5-14-23(24(16-18)32-4-2)34-26(31)20-6-10-21(27)11-7-20/h3,5-14,16-17H,1,4,15H2,2H3,(H,29,30). The third-order valence-corrected chi connectivity index (χ3v) is 4.67. The first-order chi connectivity index (χ1) is 16.5. The van der Waals surface area contributed by atoms with Gasteiger partial charge in [0.15, 0.2) is 11.5 Å². The lowest BCUT2D eigenvalue weighted by molar-refractivity contribution is 0.0728. The third kappa shape index (κ3) is 6.95. The largest absolute Gasteiger partial charge is 0.490 e. The summed E-state index contributed by atoms with van der Waals surface area (Å²) in [5.74, 6) is 0.370. The van der Waals surface area contributed by atoms with Crippen LogP contribution in [-0.2, 0) is 0 Å². The summed E-state index contributed by atoms with van der Waals surface area (Å²) in [6, 6.07) is 18.0. The van der Waals surface area contributed by atoms with Gasteiger partial charge in [-0.2, -0.15) is 5.10 Å². The van der Waals surface area contributed by atoms with E-state index in [1.54, 1.807) is 72.8 Å². The molecule has 3 aromatic rings. The summed E-state index contributed by atoms with van der Waals surface area (Å²) in [5.41, 5.74) is 3.91. The molecule has 7 nitrogen and oxygen atoms in total. The van der Waals surface area contributed by atoms with Gasteiger partial charge in [0.25, 0.3) is 5.91 Å². The number of hydrogen-bond acceptors (Lipinski definition) is 6. The van der Waals surface area contributed by atoms with Crippen LogP contribution in [0.15, 0.2) is 84.5 Å². The Morgan fingerprint density at radius 1 is 0.971 bits per heavy atom. The predicted octanol–water partition coefficient (Wildman–Crippen LogP) is 5.29. The summed E-state index contributed by atoms with van der Waals surface area (Å²) >= 11 is 5.86. The maximum atomic E-state index is 12.4. The van der Waals surface area contributed by atoms with Gasteiger partial charge in [-0.15, -0.1) is 0 Å². The van der Waals surface area contributed by atoms with E-state index in [1.165, 1.54) is 6.21 Å². The van der Waals surface area contributed by atoms with Gasteiger partial charge in [-0.3, -0.25) is 4.79 Å². The maximum Gasteiger partial charge on any atom is 0.343 e. The molecule has 3 rings (SSSR count). The highest BCUT2D eigenvalue weighted by Crippen LogP contribution is 2.29. The van der Waals surface area contributed by atoms with E-state index >= 15 is 0 Å². The van der Waals surface area contributed by atoms with Crippen molar-refractivity contribution in [1.82, 2.24) is 5.43 Å². The van der Waals surface area contributed by atoms with Crippen LogP contribution in [0.3, 0.4) is 0 Å². The minimum Gasteiger partial charge on any atom is -0.490 e. The van der Waals surface area contributed by atoms with Crippen molar-refractivity contribution in [3.8, 4) is 17.2 Å². The van der Waals surface area contributed by atoms with Crippen molar-refractivity contribution in [2.75, 3.05) is 13.2 Å². The number of amides is 1. The Labute approximate surface area is 202 Å². The second kappa shape index (κ2) is 12.2. The summed E-state index contributed by atoms with van der Waals surface area (Å²) in [6.45, 7) is 6.17. The topological polar surface area (TPSA) is 86.2 Å². The van der Waals surface area contributed by atoms with E-state index in [1.807, 2.05) is 6.92 Å². The number of nitrogens with zero attached hydrogens (tertiary/aromatic N) is 1. The first-order valence-corrected chi connectivity index (χ1v) is 10.8. The number of carbonyl (C=O) groups is 2. The smallest absolute Gasteiger partial charge is 0.343 e. The number of ether oxygens (including phenoxy) is 3. The van der Waals surface area contributed by atoms with Gasteiger partial charge in [-0.1, -0.05) is 24.3 Å². The number of esters is 1. The molecule has 0 bridgehead atoms. The normalized spacial score (nSPS) is 10.5. The number of hydrazone groups is 1. The van der Waals surface area contributed by atoms with E-state index in [9.17, 15) is 9.59 Å². The molecule has 0 spiro atoms. The van der Waals surface area contributed by atoms with Crippen LogP contribution < -0.4 is 19.6 Å². The number of carbonyl (C=O) groups excluding carboxylic acids is 2. The molecule has 0 saturated heterocycles. The van der Waals surface area contributed by atoms with Crippen molar-refractivity contribution in [2.45, 2.75) is 6.92 Å². The van der Waals surface area contributed by atoms with Crippen molar-refractivity contribution in [3.63, 3.8) is 0 Å². The highest BCUT2D eigenvalue weighted by atomic mass is 35.5. The molecule has 0 aliphatic heterocycles. The van der Waals surface area contributed by atoms with Gasteiger partial charge in [-0.25, -0.2) is 10.2 Å². The average Bonchev–Trinajstić information content (AvgIpc) is 2.85. The number of benzene rings is 3. The molecule has 0 saturated carbocycles. The van der Waals surface area contributed by atoms with Crippen LogP contribution in [0.25, 0.3) is 0 Å². The molecule has 3 aromatic carbocycles. The van der Waals surface area contributed by atoms with Crippen LogP contribution in [0.5, 0.6) is 17.2 Å². The number of nitrogens with one attached hydrogen (secondary N) is 1. The van der Waals surface area contributed by atoms with Crippen molar-refractivity contribution < 1.29 is 23.8 Å². The Hall–Kier alpha value is -4.10. The lowest BCUT2D eigenvalue weighted by Gasteiger charge is -2.11. The van der Waals surface area contributed by atoms with E-state index in [-0.39, 0.29) is 11.7 Å². The quantitative estimate of drug-likeness (QED) is 0.141. The van der Waals surface area contributed by atoms with Gasteiger partial charge in [0.05, 0.1) is 18.4 Å². The molecule has 0 atom stereocenters. The Balaban J connectivity index is 1.64. The van der Waals surface area contributed by atoms with E-state index < -0.39 is 5.97 Å². The first kappa shape index (κ1) is 24.5. The van der Waals surface area contributed by atoms with E-state index in [2.05, 4.69) is 17.1 Å². The molecule has 1 N–H and O–H groups in total. The summed E-state index contributed by atoms with van der Waals surface area (Å²) in [5, 5.41) is 4.52. The predicted molar refractivity (Wildman–Crippen MR) is 131 cm³/mol. The molecular weight excluding hydrogens is 456 g/mol. The molecule has 174 valence electrons. The molecule has 0 aromatic heterocycles. The van der Waals surface area contributed by atoms with Crippen molar-refractivity contribution in [1.29, 1.82) is 0 Å². The minimum atomic E-state index is -0.535. The molecule has 0 aliphatic rings. The highest BCUT2D eigenvalue weighted by Gasteiger charge is 2.13. The zero-order valence-electron chi connectivity index (χ0n) is 18.5.